The Morgan fingerprint density at radius 3 is 2.75 bits per heavy atom. The second-order valence-corrected chi connectivity index (χ2v) is 7.07. The number of rotatable bonds is 3. The largest absolute Gasteiger partial charge is 0.351 e. The molecule has 0 aromatic heterocycles. The van der Waals surface area contributed by atoms with Gasteiger partial charge in [-0.25, -0.2) is 8.78 Å². The molecule has 28 heavy (non-hydrogen) atoms. The maximum Gasteiger partial charge on any atom is 0.257 e. The molecule has 0 aliphatic carbocycles. The Hall–Kier alpha value is -2.96. The van der Waals surface area contributed by atoms with Crippen molar-refractivity contribution in [1.29, 1.82) is 0 Å². The van der Waals surface area contributed by atoms with Crippen LogP contribution < -0.4 is 10.2 Å². The van der Waals surface area contributed by atoms with Crippen LogP contribution in [0.3, 0.4) is 0 Å². The molecule has 2 heterocycles. The second kappa shape index (κ2) is 7.22. The Morgan fingerprint density at radius 2 is 2.00 bits per heavy atom. The van der Waals surface area contributed by atoms with Crippen molar-refractivity contribution in [2.45, 2.75) is 32.4 Å². The minimum absolute atomic E-state index is 0.00612. The number of carbonyl (C=O) groups excluding carboxylic acids is 2. The summed E-state index contributed by atoms with van der Waals surface area (Å²) in [6.45, 7) is 3.47. The quantitative estimate of drug-likeness (QED) is 0.869. The molecule has 0 bridgehead atoms. The molecule has 2 amide bonds. The van der Waals surface area contributed by atoms with E-state index >= 15 is 0 Å². The molecular formula is C21H21F2N3O2. The van der Waals surface area contributed by atoms with Crippen LogP contribution in [0.4, 0.5) is 20.2 Å². The van der Waals surface area contributed by atoms with Gasteiger partial charge in [-0.1, -0.05) is 0 Å². The summed E-state index contributed by atoms with van der Waals surface area (Å²) >= 11 is 0. The van der Waals surface area contributed by atoms with E-state index < -0.39 is 17.5 Å². The van der Waals surface area contributed by atoms with Crippen LogP contribution in [0.1, 0.15) is 46.9 Å². The number of halogens is 2. The fourth-order valence-corrected chi connectivity index (χ4v) is 4.05. The zero-order valence-corrected chi connectivity index (χ0v) is 15.5. The molecule has 2 aliphatic rings. The molecule has 0 saturated carbocycles. The van der Waals surface area contributed by atoms with Crippen molar-refractivity contribution >= 4 is 23.2 Å². The standard InChI is InChI=1S/C21H21F2N3O2/c1-2-25-18-11-13(20(27)24-17-9-7-14(22)12-16(17)23)6-8-15(18)21(28)26-10-4-3-5-19(25)26/h6-9,11-12,19H,2-5,10H2,1H3,(H,24,27). The molecule has 4 rings (SSSR count). The summed E-state index contributed by atoms with van der Waals surface area (Å²) in [5.74, 6) is -2.07. The lowest BCUT2D eigenvalue weighted by Gasteiger charge is -2.47. The van der Waals surface area contributed by atoms with Gasteiger partial charge >= 0.3 is 0 Å². The highest BCUT2D eigenvalue weighted by Gasteiger charge is 2.38. The maximum atomic E-state index is 13.8. The molecule has 1 N–H and O–H groups in total. The minimum Gasteiger partial charge on any atom is -0.351 e. The maximum absolute atomic E-state index is 13.8. The van der Waals surface area contributed by atoms with Gasteiger partial charge in [-0.05, 0) is 56.5 Å². The van der Waals surface area contributed by atoms with E-state index in [9.17, 15) is 18.4 Å². The molecule has 0 spiro atoms. The Labute approximate surface area is 161 Å². The molecule has 0 radical (unpaired) electrons. The number of piperidine rings is 1. The molecule has 2 aromatic carbocycles. The van der Waals surface area contributed by atoms with Gasteiger partial charge in [0.2, 0.25) is 0 Å². The number of nitrogens with zero attached hydrogens (tertiary/aromatic N) is 2. The summed E-state index contributed by atoms with van der Waals surface area (Å²) in [5.41, 5.74) is 1.52. The molecule has 146 valence electrons. The smallest absolute Gasteiger partial charge is 0.257 e. The van der Waals surface area contributed by atoms with E-state index in [-0.39, 0.29) is 17.8 Å². The zero-order chi connectivity index (χ0) is 19.8. The van der Waals surface area contributed by atoms with Crippen molar-refractivity contribution < 1.29 is 18.4 Å². The molecule has 7 heteroatoms. The number of anilines is 2. The summed E-state index contributed by atoms with van der Waals surface area (Å²) in [4.78, 5) is 29.5. The van der Waals surface area contributed by atoms with Crippen LogP contribution >= 0.6 is 0 Å². The van der Waals surface area contributed by atoms with Crippen LogP contribution in [-0.2, 0) is 0 Å². The van der Waals surface area contributed by atoms with E-state index in [1.807, 2.05) is 11.8 Å². The zero-order valence-electron chi connectivity index (χ0n) is 15.5. The fourth-order valence-electron chi connectivity index (χ4n) is 4.05. The number of fused-ring (bicyclic) bond motifs is 2. The molecule has 2 aliphatic heterocycles. The number of carbonyl (C=O) groups is 2. The monoisotopic (exact) mass is 385 g/mol. The molecule has 1 saturated heterocycles. The van der Waals surface area contributed by atoms with E-state index in [0.717, 1.165) is 43.6 Å². The lowest BCUT2D eigenvalue weighted by atomic mass is 9.97. The number of amides is 2. The average molecular weight is 385 g/mol. The van der Waals surface area contributed by atoms with Crippen LogP contribution in [0, 0.1) is 11.6 Å². The van der Waals surface area contributed by atoms with Gasteiger partial charge in [0.05, 0.1) is 16.9 Å². The molecule has 1 atom stereocenters. The average Bonchev–Trinajstić information content (AvgIpc) is 2.70. The van der Waals surface area contributed by atoms with E-state index in [1.54, 1.807) is 18.2 Å². The summed E-state index contributed by atoms with van der Waals surface area (Å²) in [5, 5.41) is 2.47. The molecule has 1 unspecified atom stereocenters. The third kappa shape index (κ3) is 3.10. The predicted molar refractivity (Wildman–Crippen MR) is 102 cm³/mol. The number of hydrogen-bond acceptors (Lipinski definition) is 3. The third-order valence-electron chi connectivity index (χ3n) is 5.41. The summed E-state index contributed by atoms with van der Waals surface area (Å²) in [7, 11) is 0. The van der Waals surface area contributed by atoms with Crippen LogP contribution in [-0.4, -0.2) is 36.0 Å². The fraction of sp³-hybridized carbons (Fsp3) is 0.333. The normalized spacial score (nSPS) is 18.5. The highest BCUT2D eigenvalue weighted by Crippen LogP contribution is 2.35. The van der Waals surface area contributed by atoms with Crippen LogP contribution in [0.5, 0.6) is 0 Å². The predicted octanol–water partition coefficient (Wildman–Crippen LogP) is 4.01. The van der Waals surface area contributed by atoms with Gasteiger partial charge in [-0.15, -0.1) is 0 Å². The lowest BCUT2D eigenvalue weighted by molar-refractivity contribution is 0.0582. The second-order valence-electron chi connectivity index (χ2n) is 7.07. The van der Waals surface area contributed by atoms with Gasteiger partial charge in [0.25, 0.3) is 11.8 Å². The van der Waals surface area contributed by atoms with E-state index in [1.165, 1.54) is 6.07 Å². The van der Waals surface area contributed by atoms with Gasteiger partial charge in [0.15, 0.2) is 0 Å². The highest BCUT2D eigenvalue weighted by molar-refractivity contribution is 6.08. The van der Waals surface area contributed by atoms with Gasteiger partial charge in [-0.2, -0.15) is 0 Å². The topological polar surface area (TPSA) is 52.7 Å². The Balaban J connectivity index is 1.66. The van der Waals surface area contributed by atoms with Gasteiger partial charge in [-0.3, -0.25) is 9.59 Å². The van der Waals surface area contributed by atoms with Crippen LogP contribution in [0.15, 0.2) is 36.4 Å². The van der Waals surface area contributed by atoms with Crippen molar-refractivity contribution in [3.63, 3.8) is 0 Å². The van der Waals surface area contributed by atoms with Crippen molar-refractivity contribution in [2.24, 2.45) is 0 Å². The summed E-state index contributed by atoms with van der Waals surface area (Å²) in [6.07, 6.45) is 2.96. The van der Waals surface area contributed by atoms with E-state index in [4.69, 9.17) is 0 Å². The van der Waals surface area contributed by atoms with Gasteiger partial charge < -0.3 is 15.1 Å². The van der Waals surface area contributed by atoms with Gasteiger partial charge in [0, 0.05) is 24.7 Å². The summed E-state index contributed by atoms with van der Waals surface area (Å²) in [6, 6.07) is 7.88. The minimum atomic E-state index is -0.838. The van der Waals surface area contributed by atoms with Gasteiger partial charge in [0.1, 0.15) is 17.8 Å². The van der Waals surface area contributed by atoms with Crippen LogP contribution in [0.2, 0.25) is 0 Å². The number of nitrogens with one attached hydrogen (secondary N) is 1. The van der Waals surface area contributed by atoms with Crippen molar-refractivity contribution in [1.82, 2.24) is 4.90 Å². The van der Waals surface area contributed by atoms with Crippen molar-refractivity contribution in [3.8, 4) is 0 Å². The first-order chi connectivity index (χ1) is 13.5. The van der Waals surface area contributed by atoms with E-state index in [2.05, 4.69) is 10.2 Å². The lowest BCUT2D eigenvalue weighted by Crippen LogP contribution is -2.57. The van der Waals surface area contributed by atoms with Crippen molar-refractivity contribution in [3.05, 3.63) is 59.2 Å². The van der Waals surface area contributed by atoms with Crippen LogP contribution in [0.25, 0.3) is 0 Å². The Morgan fingerprint density at radius 1 is 1.18 bits per heavy atom. The van der Waals surface area contributed by atoms with Crippen molar-refractivity contribution in [2.75, 3.05) is 23.3 Å². The first-order valence-electron chi connectivity index (χ1n) is 9.47. The molecular weight excluding hydrogens is 364 g/mol. The summed E-state index contributed by atoms with van der Waals surface area (Å²) < 4.78 is 26.9. The Bertz CT molecular complexity index is 947. The first-order valence-corrected chi connectivity index (χ1v) is 9.47. The number of hydrogen-bond donors (Lipinski definition) is 1. The first kappa shape index (κ1) is 18.4. The van der Waals surface area contributed by atoms with E-state index in [0.29, 0.717) is 17.7 Å². The number of benzene rings is 2. The molecule has 2 aromatic rings. The third-order valence-corrected chi connectivity index (χ3v) is 5.41. The SMILES string of the molecule is CCN1c2cc(C(=O)Nc3ccc(F)cc3F)ccc2C(=O)N2CCCCC21. The molecule has 1 fully saturated rings. The molecule has 5 nitrogen and oxygen atoms in total. The Kier molecular flexibility index (Phi) is 4.75. The highest BCUT2D eigenvalue weighted by atomic mass is 19.1.